The summed E-state index contributed by atoms with van der Waals surface area (Å²) >= 11 is 0. The number of amides is 1. The molecule has 1 aromatic carbocycles. The lowest BCUT2D eigenvalue weighted by Crippen LogP contribution is -2.30. The van der Waals surface area contributed by atoms with Gasteiger partial charge >= 0.3 is 5.97 Å². The molecule has 0 aliphatic carbocycles. The lowest BCUT2D eigenvalue weighted by atomic mass is 10.0. The van der Waals surface area contributed by atoms with E-state index in [0.29, 0.717) is 6.42 Å². The standard InChI is InChI=1S/C17H19NO4/c1-3-13-9-11(2)16(22-13)17(21)18-14(10-15(19)20)12-7-5-4-6-8-12/h4-9,14H,3,10H2,1-2H3,(H,18,21)(H,19,20)/t14-/m1/s1. The number of carbonyl (C=O) groups excluding carboxylic acids is 1. The van der Waals surface area contributed by atoms with Crippen molar-refractivity contribution in [3.63, 3.8) is 0 Å². The molecule has 0 fully saturated rings. The van der Waals surface area contributed by atoms with Crippen LogP contribution in [0.5, 0.6) is 0 Å². The first-order valence-corrected chi connectivity index (χ1v) is 7.18. The fourth-order valence-electron chi connectivity index (χ4n) is 2.28. The Balaban J connectivity index is 2.21. The van der Waals surface area contributed by atoms with Crippen LogP contribution < -0.4 is 5.32 Å². The predicted molar refractivity (Wildman–Crippen MR) is 81.7 cm³/mol. The van der Waals surface area contributed by atoms with Gasteiger partial charge in [0.1, 0.15) is 5.76 Å². The average Bonchev–Trinajstić information content (AvgIpc) is 2.88. The number of carboxylic acids is 1. The van der Waals surface area contributed by atoms with Crippen molar-refractivity contribution in [2.45, 2.75) is 32.7 Å². The number of hydrogen-bond donors (Lipinski definition) is 2. The Morgan fingerprint density at radius 1 is 1.27 bits per heavy atom. The van der Waals surface area contributed by atoms with Gasteiger partial charge in [0.25, 0.3) is 5.91 Å². The summed E-state index contributed by atoms with van der Waals surface area (Å²) in [5.41, 5.74) is 1.50. The summed E-state index contributed by atoms with van der Waals surface area (Å²) in [7, 11) is 0. The van der Waals surface area contributed by atoms with Crippen molar-refractivity contribution in [2.75, 3.05) is 0 Å². The third-order valence-electron chi connectivity index (χ3n) is 3.41. The molecule has 1 heterocycles. The number of aryl methyl sites for hydroxylation is 2. The van der Waals surface area contributed by atoms with E-state index in [0.717, 1.165) is 16.9 Å². The van der Waals surface area contributed by atoms with E-state index in [1.165, 1.54) is 0 Å². The molecule has 1 amide bonds. The zero-order chi connectivity index (χ0) is 16.1. The van der Waals surface area contributed by atoms with Gasteiger partial charge in [-0.1, -0.05) is 37.3 Å². The molecule has 2 rings (SSSR count). The molecule has 0 aliphatic heterocycles. The molecule has 5 nitrogen and oxygen atoms in total. The smallest absolute Gasteiger partial charge is 0.305 e. The van der Waals surface area contributed by atoms with Crippen molar-refractivity contribution in [3.05, 3.63) is 59.0 Å². The molecule has 0 spiro atoms. The lowest BCUT2D eigenvalue weighted by molar-refractivity contribution is -0.137. The third kappa shape index (κ3) is 3.75. The van der Waals surface area contributed by atoms with Crippen LogP contribution in [-0.4, -0.2) is 17.0 Å². The van der Waals surface area contributed by atoms with Gasteiger partial charge in [-0.3, -0.25) is 9.59 Å². The highest BCUT2D eigenvalue weighted by Crippen LogP contribution is 2.20. The number of hydrogen-bond acceptors (Lipinski definition) is 3. The fraction of sp³-hybridized carbons (Fsp3) is 0.294. The number of carbonyl (C=O) groups is 2. The van der Waals surface area contributed by atoms with Crippen molar-refractivity contribution in [1.29, 1.82) is 0 Å². The quantitative estimate of drug-likeness (QED) is 0.859. The van der Waals surface area contributed by atoms with E-state index in [9.17, 15) is 9.59 Å². The van der Waals surface area contributed by atoms with E-state index in [1.54, 1.807) is 19.1 Å². The Hall–Kier alpha value is -2.56. The summed E-state index contributed by atoms with van der Waals surface area (Å²) < 4.78 is 5.51. The minimum Gasteiger partial charge on any atom is -0.481 e. The molecule has 2 N–H and O–H groups in total. The van der Waals surface area contributed by atoms with Gasteiger partial charge in [-0.25, -0.2) is 0 Å². The zero-order valence-corrected chi connectivity index (χ0v) is 12.6. The Kier molecular flexibility index (Phi) is 4.99. The van der Waals surface area contributed by atoms with Crippen LogP contribution in [0, 0.1) is 6.92 Å². The molecular weight excluding hydrogens is 282 g/mol. The summed E-state index contributed by atoms with van der Waals surface area (Å²) in [5, 5.41) is 11.8. The SMILES string of the molecule is CCc1cc(C)c(C(=O)N[C@H](CC(=O)O)c2ccccc2)o1. The van der Waals surface area contributed by atoms with Crippen LogP contribution >= 0.6 is 0 Å². The number of carboxylic acid groups (broad SMARTS) is 1. The van der Waals surface area contributed by atoms with Crippen molar-refractivity contribution in [3.8, 4) is 0 Å². The van der Waals surface area contributed by atoms with E-state index in [1.807, 2.05) is 31.2 Å². The Bertz CT molecular complexity index is 661. The lowest BCUT2D eigenvalue weighted by Gasteiger charge is -2.16. The molecule has 0 saturated heterocycles. The number of aliphatic carboxylic acids is 1. The molecule has 0 unspecified atom stereocenters. The number of benzene rings is 1. The molecule has 5 heteroatoms. The van der Waals surface area contributed by atoms with Crippen LogP contribution in [0.1, 0.15) is 46.8 Å². The Labute approximate surface area is 129 Å². The summed E-state index contributed by atoms with van der Waals surface area (Å²) in [6.07, 6.45) is 0.515. The minimum atomic E-state index is -0.973. The highest BCUT2D eigenvalue weighted by atomic mass is 16.4. The van der Waals surface area contributed by atoms with Crippen molar-refractivity contribution in [1.82, 2.24) is 5.32 Å². The first kappa shape index (κ1) is 15.8. The zero-order valence-electron chi connectivity index (χ0n) is 12.6. The molecular formula is C17H19NO4. The van der Waals surface area contributed by atoms with Gasteiger partial charge in [0.05, 0.1) is 12.5 Å². The summed E-state index contributed by atoms with van der Waals surface area (Å²) in [6.45, 7) is 3.74. The van der Waals surface area contributed by atoms with Crippen LogP contribution in [-0.2, 0) is 11.2 Å². The molecule has 0 saturated carbocycles. The monoisotopic (exact) mass is 301 g/mol. The fourth-order valence-corrected chi connectivity index (χ4v) is 2.28. The van der Waals surface area contributed by atoms with Crippen molar-refractivity contribution >= 4 is 11.9 Å². The molecule has 116 valence electrons. The van der Waals surface area contributed by atoms with Gasteiger partial charge in [0.2, 0.25) is 0 Å². The van der Waals surface area contributed by atoms with E-state index in [2.05, 4.69) is 5.32 Å². The second-order valence-corrected chi connectivity index (χ2v) is 5.11. The van der Waals surface area contributed by atoms with E-state index in [-0.39, 0.29) is 12.2 Å². The average molecular weight is 301 g/mol. The molecule has 2 aromatic rings. The minimum absolute atomic E-state index is 0.184. The topological polar surface area (TPSA) is 79.5 Å². The van der Waals surface area contributed by atoms with Crippen LogP contribution in [0.4, 0.5) is 0 Å². The first-order chi connectivity index (χ1) is 10.5. The second kappa shape index (κ2) is 6.93. The highest BCUT2D eigenvalue weighted by Gasteiger charge is 2.22. The van der Waals surface area contributed by atoms with E-state index < -0.39 is 17.9 Å². The van der Waals surface area contributed by atoms with Crippen LogP contribution in [0.15, 0.2) is 40.8 Å². The van der Waals surface area contributed by atoms with Crippen LogP contribution in [0.25, 0.3) is 0 Å². The van der Waals surface area contributed by atoms with E-state index in [4.69, 9.17) is 9.52 Å². The van der Waals surface area contributed by atoms with Gasteiger partial charge < -0.3 is 14.8 Å². The van der Waals surface area contributed by atoms with E-state index >= 15 is 0 Å². The summed E-state index contributed by atoms with van der Waals surface area (Å²) in [5.74, 6) is -0.396. The Morgan fingerprint density at radius 3 is 2.50 bits per heavy atom. The predicted octanol–water partition coefficient (Wildman–Crippen LogP) is 3.10. The number of rotatable bonds is 6. The molecule has 1 atom stereocenters. The normalized spacial score (nSPS) is 11.9. The highest BCUT2D eigenvalue weighted by molar-refractivity contribution is 5.93. The molecule has 0 aliphatic rings. The number of nitrogens with one attached hydrogen (secondary N) is 1. The van der Waals surface area contributed by atoms with Gasteiger partial charge in [-0.15, -0.1) is 0 Å². The molecule has 0 bridgehead atoms. The molecule has 0 radical (unpaired) electrons. The largest absolute Gasteiger partial charge is 0.481 e. The van der Waals surface area contributed by atoms with Crippen molar-refractivity contribution in [2.24, 2.45) is 0 Å². The molecule has 22 heavy (non-hydrogen) atoms. The summed E-state index contributed by atoms with van der Waals surface area (Å²) in [6, 6.07) is 10.3. The van der Waals surface area contributed by atoms with Crippen molar-refractivity contribution < 1.29 is 19.1 Å². The summed E-state index contributed by atoms with van der Waals surface area (Å²) in [4.78, 5) is 23.4. The second-order valence-electron chi connectivity index (χ2n) is 5.11. The van der Waals surface area contributed by atoms with Crippen LogP contribution in [0.2, 0.25) is 0 Å². The maximum atomic E-state index is 12.4. The number of furan rings is 1. The van der Waals surface area contributed by atoms with Gasteiger partial charge in [-0.2, -0.15) is 0 Å². The van der Waals surface area contributed by atoms with Crippen LogP contribution in [0.3, 0.4) is 0 Å². The first-order valence-electron chi connectivity index (χ1n) is 7.18. The third-order valence-corrected chi connectivity index (χ3v) is 3.41. The molecule has 1 aromatic heterocycles. The Morgan fingerprint density at radius 2 is 1.95 bits per heavy atom. The van der Waals surface area contributed by atoms with Gasteiger partial charge in [0.15, 0.2) is 5.76 Å². The maximum absolute atomic E-state index is 12.4. The van der Waals surface area contributed by atoms with Gasteiger partial charge in [0, 0.05) is 12.0 Å². The maximum Gasteiger partial charge on any atom is 0.305 e. The van der Waals surface area contributed by atoms with Gasteiger partial charge in [-0.05, 0) is 18.6 Å².